The van der Waals surface area contributed by atoms with Crippen LogP contribution < -0.4 is 10.1 Å². The van der Waals surface area contributed by atoms with E-state index in [-0.39, 0.29) is 18.3 Å². The van der Waals surface area contributed by atoms with E-state index in [4.69, 9.17) is 27.9 Å². The highest BCUT2D eigenvalue weighted by Crippen LogP contribution is 2.29. The number of nitrogens with one attached hydrogen (secondary N) is 1. The maximum atomic E-state index is 12.3. The van der Waals surface area contributed by atoms with Crippen LogP contribution in [0.25, 0.3) is 6.08 Å². The van der Waals surface area contributed by atoms with E-state index >= 15 is 0 Å². The molecule has 0 aromatic heterocycles. The fourth-order valence-electron chi connectivity index (χ4n) is 2.13. The zero-order valence-corrected chi connectivity index (χ0v) is 13.3. The first-order valence-corrected chi connectivity index (χ1v) is 7.53. The topological polar surface area (TPSA) is 55.4 Å². The highest BCUT2D eigenvalue weighted by molar-refractivity contribution is 6.35. The summed E-state index contributed by atoms with van der Waals surface area (Å²) >= 11 is 11.9. The molecule has 0 aliphatic carbocycles. The van der Waals surface area contributed by atoms with E-state index in [2.05, 4.69) is 5.32 Å². The highest BCUT2D eigenvalue weighted by Gasteiger charge is 2.17. The molecule has 1 amide bonds. The Kier molecular flexibility index (Phi) is 4.37. The molecule has 1 aliphatic rings. The summed E-state index contributed by atoms with van der Waals surface area (Å²) in [5, 5.41) is 3.67. The van der Waals surface area contributed by atoms with E-state index in [0.29, 0.717) is 32.6 Å². The number of ether oxygens (including phenoxy) is 1. The van der Waals surface area contributed by atoms with Gasteiger partial charge in [-0.3, -0.25) is 9.59 Å². The first-order valence-electron chi connectivity index (χ1n) is 6.77. The van der Waals surface area contributed by atoms with Crippen molar-refractivity contribution in [2.75, 3.05) is 11.9 Å². The van der Waals surface area contributed by atoms with Gasteiger partial charge in [0.2, 0.25) is 0 Å². The van der Waals surface area contributed by atoms with Gasteiger partial charge in [0.15, 0.2) is 12.4 Å². The van der Waals surface area contributed by atoms with E-state index in [1.165, 1.54) is 6.08 Å². The summed E-state index contributed by atoms with van der Waals surface area (Å²) in [7, 11) is 0. The lowest BCUT2D eigenvalue weighted by molar-refractivity contribution is -0.118. The van der Waals surface area contributed by atoms with Crippen molar-refractivity contribution in [3.05, 3.63) is 63.6 Å². The molecule has 0 saturated heterocycles. The number of carbonyl (C=O) groups excluding carboxylic acids is 2. The van der Waals surface area contributed by atoms with Crippen LogP contribution in [0.5, 0.6) is 5.75 Å². The third-order valence-corrected chi connectivity index (χ3v) is 3.84. The Morgan fingerprint density at radius 3 is 2.78 bits per heavy atom. The van der Waals surface area contributed by atoms with Crippen molar-refractivity contribution in [2.24, 2.45) is 0 Å². The number of hydrogen-bond acceptors (Lipinski definition) is 3. The molecule has 1 N–H and O–H groups in total. The number of rotatable bonds is 3. The van der Waals surface area contributed by atoms with Gasteiger partial charge in [-0.05, 0) is 48.0 Å². The van der Waals surface area contributed by atoms with Crippen LogP contribution in [0.1, 0.15) is 15.9 Å². The standard InChI is InChI=1S/C17H11Cl2NO3/c18-12-4-1-10(13(19)8-12)2-5-15(21)11-3-6-16-14(7-11)20-17(22)9-23-16/h1-8H,9H2,(H,20,22)/b5-2+. The van der Waals surface area contributed by atoms with Crippen molar-refractivity contribution in [1.82, 2.24) is 0 Å². The summed E-state index contributed by atoms with van der Waals surface area (Å²) in [4.78, 5) is 23.6. The van der Waals surface area contributed by atoms with Crippen LogP contribution in [0.3, 0.4) is 0 Å². The van der Waals surface area contributed by atoms with Crippen LogP contribution >= 0.6 is 23.2 Å². The van der Waals surface area contributed by atoms with E-state index in [1.807, 2.05) is 0 Å². The minimum Gasteiger partial charge on any atom is -0.482 e. The maximum Gasteiger partial charge on any atom is 0.262 e. The van der Waals surface area contributed by atoms with Crippen LogP contribution in [0.4, 0.5) is 5.69 Å². The number of fused-ring (bicyclic) bond motifs is 1. The molecule has 116 valence electrons. The molecule has 4 nitrogen and oxygen atoms in total. The Bertz CT molecular complexity index is 831. The predicted octanol–water partition coefficient (Wildman–Crippen LogP) is 4.22. The second-order valence-electron chi connectivity index (χ2n) is 4.91. The molecule has 2 aromatic carbocycles. The largest absolute Gasteiger partial charge is 0.482 e. The Balaban J connectivity index is 1.82. The fraction of sp³-hybridized carbons (Fsp3) is 0.0588. The van der Waals surface area contributed by atoms with Gasteiger partial charge in [0.05, 0.1) is 5.69 Å². The van der Waals surface area contributed by atoms with Crippen molar-refractivity contribution in [1.29, 1.82) is 0 Å². The quantitative estimate of drug-likeness (QED) is 0.667. The van der Waals surface area contributed by atoms with Crippen LogP contribution in [0.15, 0.2) is 42.5 Å². The van der Waals surface area contributed by atoms with Crippen LogP contribution in [0, 0.1) is 0 Å². The van der Waals surface area contributed by atoms with Gasteiger partial charge < -0.3 is 10.1 Å². The number of carbonyl (C=O) groups is 2. The first kappa shape index (κ1) is 15.6. The number of allylic oxidation sites excluding steroid dienone is 1. The Labute approximate surface area is 142 Å². The molecule has 0 unspecified atom stereocenters. The predicted molar refractivity (Wildman–Crippen MR) is 90.4 cm³/mol. The van der Waals surface area contributed by atoms with E-state index in [1.54, 1.807) is 42.5 Å². The molecule has 0 spiro atoms. The van der Waals surface area contributed by atoms with Gasteiger partial charge in [-0.1, -0.05) is 29.3 Å². The summed E-state index contributed by atoms with van der Waals surface area (Å²) < 4.78 is 5.26. The fourth-order valence-corrected chi connectivity index (χ4v) is 2.61. The average Bonchev–Trinajstić information content (AvgIpc) is 2.53. The van der Waals surface area contributed by atoms with Crippen molar-refractivity contribution in [3.8, 4) is 5.75 Å². The second kappa shape index (κ2) is 6.44. The zero-order valence-electron chi connectivity index (χ0n) is 11.8. The molecule has 1 heterocycles. The van der Waals surface area contributed by atoms with Crippen molar-refractivity contribution >= 4 is 46.7 Å². The summed E-state index contributed by atoms with van der Waals surface area (Å²) in [6, 6.07) is 9.93. The molecule has 3 rings (SSSR count). The number of anilines is 1. The van der Waals surface area contributed by atoms with Gasteiger partial charge in [-0.2, -0.15) is 0 Å². The highest BCUT2D eigenvalue weighted by atomic mass is 35.5. The average molecular weight is 348 g/mol. The number of halogens is 2. The molecule has 1 aliphatic heterocycles. The minimum absolute atomic E-state index is 0.0186. The SMILES string of the molecule is O=C1COc2ccc(C(=O)/C=C/c3ccc(Cl)cc3Cl)cc2N1. The molecule has 6 heteroatoms. The molecule has 0 fully saturated rings. The lowest BCUT2D eigenvalue weighted by atomic mass is 10.1. The van der Waals surface area contributed by atoms with Crippen LogP contribution in [-0.2, 0) is 4.79 Å². The van der Waals surface area contributed by atoms with Gasteiger partial charge in [-0.25, -0.2) is 0 Å². The normalized spacial score (nSPS) is 13.4. The third-order valence-electron chi connectivity index (χ3n) is 3.27. The van der Waals surface area contributed by atoms with Gasteiger partial charge in [0.1, 0.15) is 5.75 Å². The number of benzene rings is 2. The summed E-state index contributed by atoms with van der Waals surface area (Å²) in [6.45, 7) is -0.0186. The lowest BCUT2D eigenvalue weighted by Crippen LogP contribution is -2.25. The van der Waals surface area contributed by atoms with Crippen LogP contribution in [-0.4, -0.2) is 18.3 Å². The van der Waals surface area contributed by atoms with Crippen molar-refractivity contribution < 1.29 is 14.3 Å². The van der Waals surface area contributed by atoms with Crippen LogP contribution in [0.2, 0.25) is 10.0 Å². The minimum atomic E-state index is -0.245. The molecular weight excluding hydrogens is 337 g/mol. The van der Waals surface area contributed by atoms with E-state index < -0.39 is 0 Å². The first-order chi connectivity index (χ1) is 11.0. The maximum absolute atomic E-state index is 12.3. The van der Waals surface area contributed by atoms with Crippen molar-refractivity contribution in [2.45, 2.75) is 0 Å². The summed E-state index contributed by atoms with van der Waals surface area (Å²) in [6.07, 6.45) is 3.04. The molecule has 0 saturated carbocycles. The molecule has 0 atom stereocenters. The Hall–Kier alpha value is -2.30. The molecular formula is C17H11Cl2NO3. The molecule has 0 radical (unpaired) electrons. The molecule has 0 bridgehead atoms. The monoisotopic (exact) mass is 347 g/mol. The van der Waals surface area contributed by atoms with Gasteiger partial charge in [-0.15, -0.1) is 0 Å². The molecule has 23 heavy (non-hydrogen) atoms. The smallest absolute Gasteiger partial charge is 0.262 e. The van der Waals surface area contributed by atoms with Crippen molar-refractivity contribution in [3.63, 3.8) is 0 Å². The Morgan fingerprint density at radius 1 is 1.17 bits per heavy atom. The van der Waals surface area contributed by atoms with E-state index in [0.717, 1.165) is 0 Å². The zero-order chi connectivity index (χ0) is 16.4. The second-order valence-corrected chi connectivity index (χ2v) is 5.75. The number of hydrogen-bond donors (Lipinski definition) is 1. The number of amides is 1. The third kappa shape index (κ3) is 3.55. The van der Waals surface area contributed by atoms with Gasteiger partial charge in [0.25, 0.3) is 5.91 Å². The summed E-state index contributed by atoms with van der Waals surface area (Å²) in [5.41, 5.74) is 1.62. The Morgan fingerprint density at radius 2 is 2.00 bits per heavy atom. The lowest BCUT2D eigenvalue weighted by Gasteiger charge is -2.17. The summed E-state index contributed by atoms with van der Waals surface area (Å²) in [5.74, 6) is 0.0927. The number of ketones is 1. The van der Waals surface area contributed by atoms with Gasteiger partial charge >= 0.3 is 0 Å². The van der Waals surface area contributed by atoms with E-state index in [9.17, 15) is 9.59 Å². The molecule has 2 aromatic rings. The van der Waals surface area contributed by atoms with Gasteiger partial charge in [0, 0.05) is 15.6 Å².